The predicted octanol–water partition coefficient (Wildman–Crippen LogP) is 1.41. The van der Waals surface area contributed by atoms with Crippen LogP contribution in [0.4, 0.5) is 0 Å². The van der Waals surface area contributed by atoms with Crippen molar-refractivity contribution in [2.45, 2.75) is 12.6 Å². The van der Waals surface area contributed by atoms with Gasteiger partial charge in [-0.3, -0.25) is 4.90 Å². The smallest absolute Gasteiger partial charge is 0.0716 e. The van der Waals surface area contributed by atoms with Gasteiger partial charge in [0.15, 0.2) is 0 Å². The lowest BCUT2D eigenvalue weighted by Crippen LogP contribution is -2.33. The van der Waals surface area contributed by atoms with Crippen LogP contribution < -0.4 is 5.73 Å². The van der Waals surface area contributed by atoms with Gasteiger partial charge >= 0.3 is 0 Å². The fourth-order valence-electron chi connectivity index (χ4n) is 2.08. The van der Waals surface area contributed by atoms with Crippen LogP contribution in [-0.4, -0.2) is 45.9 Å². The molecular formula is C14H24N2O2. The van der Waals surface area contributed by atoms with Crippen LogP contribution in [0.5, 0.6) is 0 Å². The van der Waals surface area contributed by atoms with Crippen LogP contribution >= 0.6 is 0 Å². The quantitative estimate of drug-likeness (QED) is 0.760. The molecule has 0 heterocycles. The zero-order chi connectivity index (χ0) is 13.4. The van der Waals surface area contributed by atoms with Crippen LogP contribution in [0.25, 0.3) is 0 Å². The first kappa shape index (κ1) is 15.1. The molecule has 1 aromatic rings. The zero-order valence-electron chi connectivity index (χ0n) is 11.6. The summed E-state index contributed by atoms with van der Waals surface area (Å²) < 4.78 is 10.4. The lowest BCUT2D eigenvalue weighted by Gasteiger charge is -2.28. The van der Waals surface area contributed by atoms with E-state index in [0.717, 1.165) is 6.54 Å². The van der Waals surface area contributed by atoms with E-state index in [1.54, 1.807) is 14.2 Å². The Bertz CT molecular complexity index is 344. The summed E-state index contributed by atoms with van der Waals surface area (Å²) in [5.41, 5.74) is 8.35. The van der Waals surface area contributed by atoms with E-state index in [0.29, 0.717) is 19.8 Å². The summed E-state index contributed by atoms with van der Waals surface area (Å²) in [4.78, 5) is 2.22. The third-order valence-corrected chi connectivity index (χ3v) is 3.12. The molecule has 4 heteroatoms. The summed E-state index contributed by atoms with van der Waals surface area (Å²) in [6.07, 6.45) is 0. The molecule has 0 radical (unpaired) electrons. The molecule has 1 unspecified atom stereocenters. The summed E-state index contributed by atoms with van der Waals surface area (Å²) in [7, 11) is 5.49. The number of rotatable bonds is 8. The van der Waals surface area contributed by atoms with Crippen LogP contribution in [0.3, 0.4) is 0 Å². The molecule has 0 amide bonds. The summed E-state index contributed by atoms with van der Waals surface area (Å²) in [5, 5.41) is 0. The van der Waals surface area contributed by atoms with Crippen molar-refractivity contribution in [2.24, 2.45) is 5.73 Å². The molecule has 0 aliphatic heterocycles. The molecule has 1 rings (SSSR count). The Morgan fingerprint density at radius 3 is 2.56 bits per heavy atom. The van der Waals surface area contributed by atoms with Gasteiger partial charge in [-0.05, 0) is 18.2 Å². The van der Waals surface area contributed by atoms with Crippen LogP contribution in [0.2, 0.25) is 0 Å². The minimum atomic E-state index is 0.200. The molecule has 4 nitrogen and oxygen atoms in total. The number of benzene rings is 1. The van der Waals surface area contributed by atoms with Crippen molar-refractivity contribution < 1.29 is 9.47 Å². The molecule has 0 fully saturated rings. The highest BCUT2D eigenvalue weighted by Crippen LogP contribution is 2.22. The summed E-state index contributed by atoms with van der Waals surface area (Å²) >= 11 is 0. The Hall–Kier alpha value is -0.940. The maximum absolute atomic E-state index is 5.92. The highest BCUT2D eigenvalue weighted by Gasteiger charge is 2.17. The standard InChI is InChI=1S/C14H24N2O2/c1-16(8-9-17-2)14(10-15)13-7-5-4-6-12(13)11-18-3/h4-7,14H,8-11,15H2,1-3H3. The second-order valence-corrected chi connectivity index (χ2v) is 4.36. The molecule has 1 atom stereocenters. The summed E-state index contributed by atoms with van der Waals surface area (Å²) in [5.74, 6) is 0. The van der Waals surface area contributed by atoms with Gasteiger partial charge in [0.25, 0.3) is 0 Å². The van der Waals surface area contributed by atoms with Crippen LogP contribution in [-0.2, 0) is 16.1 Å². The molecule has 18 heavy (non-hydrogen) atoms. The second kappa shape index (κ2) is 8.21. The van der Waals surface area contributed by atoms with Gasteiger partial charge in [0, 0.05) is 33.4 Å². The minimum absolute atomic E-state index is 0.200. The van der Waals surface area contributed by atoms with E-state index in [9.17, 15) is 0 Å². The first-order chi connectivity index (χ1) is 8.74. The van der Waals surface area contributed by atoms with Crippen molar-refractivity contribution in [3.05, 3.63) is 35.4 Å². The normalized spacial score (nSPS) is 12.9. The number of nitrogens with two attached hydrogens (primary N) is 1. The Morgan fingerprint density at radius 1 is 1.22 bits per heavy atom. The average Bonchev–Trinajstić information content (AvgIpc) is 2.39. The molecule has 0 aromatic heterocycles. The molecule has 0 aliphatic carbocycles. The van der Waals surface area contributed by atoms with Crippen molar-refractivity contribution in [3.63, 3.8) is 0 Å². The number of methoxy groups -OCH3 is 2. The maximum atomic E-state index is 5.92. The first-order valence-corrected chi connectivity index (χ1v) is 6.20. The molecule has 0 aliphatic rings. The highest BCUT2D eigenvalue weighted by molar-refractivity contribution is 5.30. The van der Waals surface area contributed by atoms with Gasteiger partial charge in [-0.2, -0.15) is 0 Å². The van der Waals surface area contributed by atoms with E-state index in [2.05, 4.69) is 24.1 Å². The fraction of sp³-hybridized carbons (Fsp3) is 0.571. The van der Waals surface area contributed by atoms with Gasteiger partial charge in [-0.25, -0.2) is 0 Å². The Labute approximate surface area is 110 Å². The lowest BCUT2D eigenvalue weighted by atomic mass is 9.99. The van der Waals surface area contributed by atoms with Gasteiger partial charge < -0.3 is 15.2 Å². The summed E-state index contributed by atoms with van der Waals surface area (Å²) in [6.45, 7) is 2.77. The SMILES string of the molecule is COCCN(C)C(CN)c1ccccc1COC. The molecule has 102 valence electrons. The largest absolute Gasteiger partial charge is 0.383 e. The third-order valence-electron chi connectivity index (χ3n) is 3.12. The van der Waals surface area contributed by atoms with Crippen molar-refractivity contribution in [1.82, 2.24) is 4.90 Å². The fourth-order valence-corrected chi connectivity index (χ4v) is 2.08. The van der Waals surface area contributed by atoms with E-state index < -0.39 is 0 Å². The molecule has 0 saturated carbocycles. The number of ether oxygens (including phenoxy) is 2. The molecular weight excluding hydrogens is 228 g/mol. The van der Waals surface area contributed by atoms with E-state index in [1.807, 2.05) is 12.1 Å². The Balaban J connectivity index is 2.86. The minimum Gasteiger partial charge on any atom is -0.383 e. The number of likely N-dealkylation sites (N-methyl/N-ethyl adjacent to an activating group) is 1. The van der Waals surface area contributed by atoms with Gasteiger partial charge in [-0.1, -0.05) is 24.3 Å². The molecule has 1 aromatic carbocycles. The predicted molar refractivity (Wildman–Crippen MR) is 73.5 cm³/mol. The van der Waals surface area contributed by atoms with Gasteiger partial charge in [0.05, 0.1) is 13.2 Å². The highest BCUT2D eigenvalue weighted by atomic mass is 16.5. The molecule has 0 spiro atoms. The lowest BCUT2D eigenvalue weighted by molar-refractivity contribution is 0.138. The van der Waals surface area contributed by atoms with E-state index >= 15 is 0 Å². The summed E-state index contributed by atoms with van der Waals surface area (Å²) in [6, 6.07) is 8.48. The molecule has 0 bridgehead atoms. The average molecular weight is 252 g/mol. The van der Waals surface area contributed by atoms with Crippen LogP contribution in [0, 0.1) is 0 Å². The Kier molecular flexibility index (Phi) is 6.90. The van der Waals surface area contributed by atoms with Gasteiger partial charge in [0.1, 0.15) is 0 Å². The Morgan fingerprint density at radius 2 is 1.94 bits per heavy atom. The van der Waals surface area contributed by atoms with E-state index in [1.165, 1.54) is 11.1 Å². The van der Waals surface area contributed by atoms with Crippen LogP contribution in [0.1, 0.15) is 17.2 Å². The molecule has 0 saturated heterocycles. The van der Waals surface area contributed by atoms with Crippen molar-refractivity contribution in [3.8, 4) is 0 Å². The third kappa shape index (κ3) is 4.07. The molecule has 2 N–H and O–H groups in total. The van der Waals surface area contributed by atoms with E-state index in [-0.39, 0.29) is 6.04 Å². The number of nitrogens with zero attached hydrogens (tertiary/aromatic N) is 1. The van der Waals surface area contributed by atoms with Crippen molar-refractivity contribution >= 4 is 0 Å². The maximum Gasteiger partial charge on any atom is 0.0716 e. The van der Waals surface area contributed by atoms with Gasteiger partial charge in [0.2, 0.25) is 0 Å². The van der Waals surface area contributed by atoms with Crippen LogP contribution in [0.15, 0.2) is 24.3 Å². The van der Waals surface area contributed by atoms with Gasteiger partial charge in [-0.15, -0.1) is 0 Å². The zero-order valence-corrected chi connectivity index (χ0v) is 11.6. The van der Waals surface area contributed by atoms with Crippen molar-refractivity contribution in [2.75, 3.05) is 41.0 Å². The monoisotopic (exact) mass is 252 g/mol. The van der Waals surface area contributed by atoms with E-state index in [4.69, 9.17) is 15.2 Å². The second-order valence-electron chi connectivity index (χ2n) is 4.36. The topological polar surface area (TPSA) is 47.7 Å². The number of hydrogen-bond acceptors (Lipinski definition) is 4. The number of hydrogen-bond donors (Lipinski definition) is 1. The van der Waals surface area contributed by atoms with Crippen molar-refractivity contribution in [1.29, 1.82) is 0 Å². The first-order valence-electron chi connectivity index (χ1n) is 6.20.